The normalized spacial score (nSPS) is 12.9. The van der Waals surface area contributed by atoms with Gasteiger partial charge in [0, 0.05) is 29.5 Å². The van der Waals surface area contributed by atoms with Gasteiger partial charge in [0.15, 0.2) is 6.79 Å². The molecular weight excluding hydrogens is 340 g/mol. The number of carbonyl (C=O) groups is 1. The number of fused-ring (bicyclic) bond motifs is 1. The molecule has 0 radical (unpaired) electrons. The maximum atomic E-state index is 12.1. The van der Waals surface area contributed by atoms with E-state index in [1.165, 1.54) is 24.4 Å². The van der Waals surface area contributed by atoms with Gasteiger partial charge in [0.1, 0.15) is 17.5 Å². The van der Waals surface area contributed by atoms with Crippen LogP contribution in [0.3, 0.4) is 0 Å². The summed E-state index contributed by atoms with van der Waals surface area (Å²) in [6.45, 7) is 0.0145. The monoisotopic (exact) mass is 350 g/mol. The number of esters is 1. The van der Waals surface area contributed by atoms with E-state index in [0.717, 1.165) is 0 Å². The third-order valence-corrected chi connectivity index (χ3v) is 3.62. The van der Waals surface area contributed by atoms with E-state index in [0.29, 0.717) is 16.9 Å². The summed E-state index contributed by atoms with van der Waals surface area (Å²) in [5.74, 6) is -0.252. The van der Waals surface area contributed by atoms with Gasteiger partial charge in [-0.3, -0.25) is 10.1 Å². The van der Waals surface area contributed by atoms with Gasteiger partial charge < -0.3 is 14.2 Å². The highest BCUT2D eigenvalue weighted by Crippen LogP contribution is 2.33. The summed E-state index contributed by atoms with van der Waals surface area (Å²) >= 11 is 5.84. The summed E-state index contributed by atoms with van der Waals surface area (Å²) < 4.78 is 15.7. The minimum Gasteiger partial charge on any atom is -0.467 e. The summed E-state index contributed by atoms with van der Waals surface area (Å²) in [5.41, 5.74) is 0.896. The number of benzene rings is 1. The fourth-order valence-corrected chi connectivity index (χ4v) is 2.45. The van der Waals surface area contributed by atoms with E-state index in [-0.39, 0.29) is 36.4 Å². The molecule has 0 saturated carbocycles. The molecule has 2 aromatic rings. The van der Waals surface area contributed by atoms with E-state index >= 15 is 0 Å². The lowest BCUT2D eigenvalue weighted by atomic mass is 10.1. The zero-order chi connectivity index (χ0) is 17.1. The van der Waals surface area contributed by atoms with Crippen LogP contribution in [0.5, 0.6) is 5.75 Å². The molecule has 0 aliphatic carbocycles. The predicted molar refractivity (Wildman–Crippen MR) is 81.7 cm³/mol. The van der Waals surface area contributed by atoms with Crippen molar-refractivity contribution in [2.75, 3.05) is 6.79 Å². The van der Waals surface area contributed by atoms with Gasteiger partial charge in [0.25, 0.3) is 5.69 Å². The molecule has 9 heteroatoms. The van der Waals surface area contributed by atoms with Crippen molar-refractivity contribution in [1.29, 1.82) is 0 Å². The highest BCUT2D eigenvalue weighted by Gasteiger charge is 2.22. The van der Waals surface area contributed by atoms with E-state index < -0.39 is 10.9 Å². The highest BCUT2D eigenvalue weighted by atomic mass is 35.5. The zero-order valence-electron chi connectivity index (χ0n) is 12.2. The lowest BCUT2D eigenvalue weighted by molar-refractivity contribution is -0.385. The van der Waals surface area contributed by atoms with Crippen LogP contribution in [0.2, 0.25) is 5.15 Å². The summed E-state index contributed by atoms with van der Waals surface area (Å²) in [7, 11) is 0. The molecule has 0 spiro atoms. The number of ether oxygens (including phenoxy) is 3. The average Bonchev–Trinajstić information content (AvgIpc) is 2.59. The van der Waals surface area contributed by atoms with Crippen LogP contribution in [0, 0.1) is 10.1 Å². The first kappa shape index (κ1) is 16.2. The lowest BCUT2D eigenvalue weighted by Crippen LogP contribution is -2.15. The van der Waals surface area contributed by atoms with Crippen LogP contribution in [0.1, 0.15) is 21.5 Å². The number of hydrogen-bond donors (Lipinski definition) is 0. The summed E-state index contributed by atoms with van der Waals surface area (Å²) in [4.78, 5) is 26.4. The largest absolute Gasteiger partial charge is 0.467 e. The number of pyridine rings is 1. The van der Waals surface area contributed by atoms with Gasteiger partial charge in [-0.25, -0.2) is 9.78 Å². The van der Waals surface area contributed by atoms with E-state index in [2.05, 4.69) is 4.98 Å². The lowest BCUT2D eigenvalue weighted by Gasteiger charge is -2.20. The number of nitrogens with zero attached hydrogens (tertiary/aromatic N) is 2. The Morgan fingerprint density at radius 3 is 3.04 bits per heavy atom. The first-order valence-corrected chi connectivity index (χ1v) is 7.22. The second-order valence-corrected chi connectivity index (χ2v) is 5.24. The molecule has 1 aromatic carbocycles. The number of halogens is 1. The Morgan fingerprint density at radius 1 is 1.46 bits per heavy atom. The van der Waals surface area contributed by atoms with E-state index in [4.69, 9.17) is 25.8 Å². The topological polar surface area (TPSA) is 101 Å². The molecule has 0 N–H and O–H groups in total. The molecule has 3 rings (SSSR count). The third kappa shape index (κ3) is 3.29. The molecule has 0 saturated heterocycles. The molecule has 0 fully saturated rings. The van der Waals surface area contributed by atoms with Crippen molar-refractivity contribution in [2.24, 2.45) is 0 Å². The molecular formula is C15H11ClN2O6. The molecule has 1 aliphatic heterocycles. The first-order chi connectivity index (χ1) is 11.6. The molecule has 2 heterocycles. The molecule has 1 aliphatic rings. The quantitative estimate of drug-likeness (QED) is 0.361. The fourth-order valence-electron chi connectivity index (χ4n) is 2.25. The van der Waals surface area contributed by atoms with Crippen LogP contribution in [0.15, 0.2) is 30.5 Å². The van der Waals surface area contributed by atoms with Crippen LogP contribution < -0.4 is 4.74 Å². The van der Waals surface area contributed by atoms with Crippen molar-refractivity contribution in [3.63, 3.8) is 0 Å². The van der Waals surface area contributed by atoms with Gasteiger partial charge in [0.05, 0.1) is 17.1 Å². The number of non-ortho nitro benzene ring substituents is 1. The van der Waals surface area contributed by atoms with Crippen LogP contribution >= 0.6 is 11.6 Å². The molecule has 0 unspecified atom stereocenters. The van der Waals surface area contributed by atoms with E-state index in [1.807, 2.05) is 0 Å². The highest BCUT2D eigenvalue weighted by molar-refractivity contribution is 6.32. The number of hydrogen-bond acceptors (Lipinski definition) is 7. The van der Waals surface area contributed by atoms with E-state index in [9.17, 15) is 14.9 Å². The van der Waals surface area contributed by atoms with Crippen molar-refractivity contribution >= 4 is 23.3 Å². The van der Waals surface area contributed by atoms with Gasteiger partial charge in [-0.2, -0.15) is 0 Å². The Labute approximate surface area is 141 Å². The molecule has 0 atom stereocenters. The second-order valence-electron chi connectivity index (χ2n) is 4.88. The molecule has 124 valence electrons. The minimum atomic E-state index is -0.680. The summed E-state index contributed by atoms with van der Waals surface area (Å²) in [5, 5.41) is 11.1. The van der Waals surface area contributed by atoms with Gasteiger partial charge in [0.2, 0.25) is 0 Å². The van der Waals surface area contributed by atoms with Crippen LogP contribution in [-0.2, 0) is 22.7 Å². The molecule has 8 nitrogen and oxygen atoms in total. The molecule has 0 bridgehead atoms. The number of nitro groups is 1. The molecule has 0 amide bonds. The van der Waals surface area contributed by atoms with Crippen molar-refractivity contribution in [3.05, 3.63) is 62.4 Å². The van der Waals surface area contributed by atoms with Crippen LogP contribution in [0.25, 0.3) is 0 Å². The second kappa shape index (κ2) is 6.81. The van der Waals surface area contributed by atoms with E-state index in [1.54, 1.807) is 6.07 Å². The smallest absolute Gasteiger partial charge is 0.341 e. The third-order valence-electron chi connectivity index (χ3n) is 3.32. The van der Waals surface area contributed by atoms with Crippen LogP contribution in [-0.4, -0.2) is 22.7 Å². The van der Waals surface area contributed by atoms with Crippen molar-refractivity contribution < 1.29 is 23.9 Å². The van der Waals surface area contributed by atoms with Crippen molar-refractivity contribution in [1.82, 2.24) is 4.98 Å². The number of rotatable bonds is 4. The summed E-state index contributed by atoms with van der Waals surface area (Å²) in [6.07, 6.45) is 1.45. The Hall–Kier alpha value is -2.71. The minimum absolute atomic E-state index is 0.0215. The Bertz CT molecular complexity index is 811. The van der Waals surface area contributed by atoms with Crippen molar-refractivity contribution in [3.8, 4) is 5.75 Å². The van der Waals surface area contributed by atoms with Gasteiger partial charge >= 0.3 is 5.97 Å². The first-order valence-electron chi connectivity index (χ1n) is 6.84. The van der Waals surface area contributed by atoms with Gasteiger partial charge in [-0.1, -0.05) is 11.6 Å². The number of nitro benzene ring substituents is 1. The number of carbonyl (C=O) groups excluding carboxylic acids is 1. The average molecular weight is 351 g/mol. The SMILES string of the molecule is O=C(OCc1cc([N+](=O)[O-])cc2c1OCOC2)c1cccnc1Cl. The Morgan fingerprint density at radius 2 is 2.29 bits per heavy atom. The standard InChI is InChI=1S/C15H11ClN2O6/c16-14-12(2-1-3-17-14)15(19)23-7-10-5-11(18(20)21)4-9-6-22-8-24-13(9)10/h1-5H,6-8H2. The Balaban J connectivity index is 1.84. The Kier molecular flexibility index (Phi) is 4.59. The zero-order valence-corrected chi connectivity index (χ0v) is 13.0. The van der Waals surface area contributed by atoms with Crippen molar-refractivity contribution in [2.45, 2.75) is 13.2 Å². The molecule has 1 aromatic heterocycles. The van der Waals surface area contributed by atoms with Crippen LogP contribution in [0.4, 0.5) is 5.69 Å². The fraction of sp³-hybridized carbons (Fsp3) is 0.200. The maximum absolute atomic E-state index is 12.1. The summed E-state index contributed by atoms with van der Waals surface area (Å²) in [6, 6.07) is 5.71. The maximum Gasteiger partial charge on any atom is 0.341 e. The molecule has 24 heavy (non-hydrogen) atoms. The number of aromatic nitrogens is 1. The predicted octanol–water partition coefficient (Wildman–Crippen LogP) is 2.87. The van der Waals surface area contributed by atoms with Gasteiger partial charge in [-0.15, -0.1) is 0 Å². The van der Waals surface area contributed by atoms with Gasteiger partial charge in [-0.05, 0) is 12.1 Å².